The van der Waals surface area contributed by atoms with Gasteiger partial charge in [-0.25, -0.2) is 0 Å². The molecule has 0 aromatic heterocycles. The molecule has 0 fully saturated rings. The molecule has 49 heavy (non-hydrogen) atoms. The van der Waals surface area contributed by atoms with Crippen LogP contribution in [0.4, 0.5) is 0 Å². The van der Waals surface area contributed by atoms with Crippen molar-refractivity contribution in [2.24, 2.45) is 0 Å². The van der Waals surface area contributed by atoms with E-state index in [1.165, 1.54) is 72.0 Å². The number of rotatable bonds is 5. The van der Waals surface area contributed by atoms with Crippen LogP contribution in [-0.4, -0.2) is 3.21 Å². The Morgan fingerprint density at radius 3 is 1.59 bits per heavy atom. The summed E-state index contributed by atoms with van der Waals surface area (Å²) in [6, 6.07) is 63.8. The Morgan fingerprint density at radius 2 is 0.959 bits per heavy atom. The van der Waals surface area contributed by atoms with Gasteiger partial charge in [0, 0.05) is 0 Å². The maximum Gasteiger partial charge on any atom is -1.00 e. The van der Waals surface area contributed by atoms with Gasteiger partial charge >= 0.3 is 287 Å². The molecule has 0 saturated carbocycles. The van der Waals surface area contributed by atoms with Gasteiger partial charge in [0.2, 0.25) is 0 Å². The van der Waals surface area contributed by atoms with Crippen molar-refractivity contribution in [1.82, 2.24) is 0 Å². The Hall–Kier alpha value is -4.13. The van der Waals surface area contributed by atoms with Gasteiger partial charge in [-0.2, -0.15) is 0 Å². The van der Waals surface area contributed by atoms with Crippen molar-refractivity contribution < 1.29 is 46.1 Å². The van der Waals surface area contributed by atoms with Crippen molar-refractivity contribution in [3.63, 3.8) is 0 Å². The van der Waals surface area contributed by atoms with Crippen molar-refractivity contribution in [2.45, 2.75) is 14.2 Å². The fourth-order valence-electron chi connectivity index (χ4n) is 8.23. The van der Waals surface area contributed by atoms with Gasteiger partial charge in [-0.1, -0.05) is 0 Å². The zero-order valence-corrected chi connectivity index (χ0v) is 31.1. The number of hydrogen-bond acceptors (Lipinski definition) is 0. The summed E-state index contributed by atoms with van der Waals surface area (Å²) in [6.45, 7) is 2.41. The Kier molecular flexibility index (Phi) is 9.54. The molecule has 7 aromatic rings. The van der Waals surface area contributed by atoms with Crippen LogP contribution in [0.25, 0.3) is 39.1 Å². The molecule has 1 unspecified atom stereocenters. The monoisotopic (exact) mass is 746 g/mol. The molecule has 0 saturated heterocycles. The zero-order chi connectivity index (χ0) is 31.3. The first-order valence-corrected chi connectivity index (χ1v) is 20.7. The second-order valence-electron chi connectivity index (χ2n) is 12.9. The fraction of sp³-hybridized carbons (Fsp3) is 0.0652. The third-order valence-corrected chi connectivity index (χ3v) is 19.5. The molecule has 0 nitrogen and oxygen atoms in total. The molecule has 0 heterocycles. The molecule has 0 radical (unpaired) electrons. The smallest absolute Gasteiger partial charge is 1.00 e. The summed E-state index contributed by atoms with van der Waals surface area (Å²) in [4.78, 5) is 0. The maximum absolute atomic E-state index is 2.87. The summed E-state index contributed by atoms with van der Waals surface area (Å²) in [5.41, 5.74) is 15.7. The average Bonchev–Trinajstić information content (AvgIpc) is 3.65. The molecule has 2 aliphatic carbocycles. The average molecular weight is 749 g/mol. The molecule has 0 aliphatic heterocycles. The summed E-state index contributed by atoms with van der Waals surface area (Å²) < 4.78 is 2.39. The first-order valence-electron chi connectivity index (χ1n) is 16.6. The third kappa shape index (κ3) is 5.73. The minimum absolute atomic E-state index is 0. The predicted octanol–water partition coefficient (Wildman–Crippen LogP) is 5.63. The maximum atomic E-state index is 2.53. The molecular weight excluding hydrogens is 715 g/mol. The van der Waals surface area contributed by atoms with Gasteiger partial charge < -0.3 is 24.8 Å². The van der Waals surface area contributed by atoms with Gasteiger partial charge in [0.15, 0.2) is 0 Å². The van der Waals surface area contributed by atoms with E-state index in [9.17, 15) is 0 Å². The van der Waals surface area contributed by atoms with Crippen molar-refractivity contribution in [2.75, 3.05) is 0 Å². The molecule has 0 amide bonds. The van der Waals surface area contributed by atoms with Crippen molar-refractivity contribution in [1.29, 1.82) is 0 Å². The van der Waals surface area contributed by atoms with Crippen molar-refractivity contribution >= 4 is 20.1 Å². The Labute approximate surface area is 309 Å². The normalized spacial score (nSPS) is 14.0. The largest absolute Gasteiger partial charge is 1.00 e. The van der Waals surface area contributed by atoms with Gasteiger partial charge in [-0.15, -0.1) is 0 Å². The number of halogens is 2. The van der Waals surface area contributed by atoms with Gasteiger partial charge in [0.05, 0.1) is 0 Å². The number of fused-ring (bicyclic) bond motifs is 5. The number of benzene rings is 7. The van der Waals surface area contributed by atoms with Crippen LogP contribution in [0, 0.1) is 0 Å². The molecule has 9 rings (SSSR count). The van der Waals surface area contributed by atoms with Gasteiger partial charge in [0.1, 0.15) is 0 Å². The first-order chi connectivity index (χ1) is 23.3. The third-order valence-electron chi connectivity index (χ3n) is 10.2. The molecule has 236 valence electrons. The summed E-state index contributed by atoms with van der Waals surface area (Å²) in [5, 5.41) is 2.57. The molecule has 2 aliphatic rings. The molecule has 3 heteroatoms. The van der Waals surface area contributed by atoms with E-state index in [1.54, 1.807) is 3.21 Å². The second kappa shape index (κ2) is 14.0. The minimum atomic E-state index is -2.87. The van der Waals surface area contributed by atoms with Crippen LogP contribution in [0.5, 0.6) is 0 Å². The van der Waals surface area contributed by atoms with Crippen molar-refractivity contribution in [3.05, 3.63) is 209 Å². The Bertz CT molecular complexity index is 2290. The molecular formula is C46H34Cl2Zr. The van der Waals surface area contributed by atoms with Crippen LogP contribution in [0.3, 0.4) is 0 Å². The molecule has 0 bridgehead atoms. The summed E-state index contributed by atoms with van der Waals surface area (Å²) in [5.74, 6) is 0. The van der Waals surface area contributed by atoms with E-state index in [0.29, 0.717) is 7.25 Å². The van der Waals surface area contributed by atoms with Gasteiger partial charge in [0.25, 0.3) is 0 Å². The first kappa shape index (κ1) is 33.4. The Balaban J connectivity index is 0.00000189. The molecule has 1 atom stereocenters. The summed E-state index contributed by atoms with van der Waals surface area (Å²) in [7, 11) is 0. The Morgan fingerprint density at radius 1 is 0.449 bits per heavy atom. The number of hydrogen-bond donors (Lipinski definition) is 0. The summed E-state index contributed by atoms with van der Waals surface area (Å²) >= 11 is -2.87. The fourth-order valence-corrected chi connectivity index (χ4v) is 18.7. The summed E-state index contributed by atoms with van der Waals surface area (Å²) in [6.07, 6.45) is 2.53. The van der Waals surface area contributed by atoms with E-state index < -0.39 is 21.3 Å². The van der Waals surface area contributed by atoms with Crippen LogP contribution < -0.4 is 24.8 Å². The SMILES string of the molecule is CC1=Cc2c(-c3ccc4ccccc4c3)cccc2[CH]1[Zr+2](=[C](c1ccccc1)c1ccccc1)[CH]1c2ccccc2-c2ccccc21.[Cl-].[Cl-]. The van der Waals surface area contributed by atoms with Crippen LogP contribution in [0.1, 0.15) is 47.6 Å². The van der Waals surface area contributed by atoms with E-state index in [4.69, 9.17) is 0 Å². The van der Waals surface area contributed by atoms with Crippen LogP contribution in [0.15, 0.2) is 175 Å². The van der Waals surface area contributed by atoms with E-state index >= 15 is 0 Å². The van der Waals surface area contributed by atoms with E-state index in [0.717, 1.165) is 0 Å². The van der Waals surface area contributed by atoms with Gasteiger partial charge in [-0.3, -0.25) is 0 Å². The van der Waals surface area contributed by atoms with Crippen molar-refractivity contribution in [3.8, 4) is 22.3 Å². The standard InChI is InChI=1S/C20H15.C13H9.C13H10.2ClH.Zr/c1-14-11-17-7-4-8-19(20(17)12-14)18-10-9-15-5-2-3-6-16(15)13-18;1-3-7-12-10(5-1)9-11-6-2-4-8-13(11)12;1-3-7-12(8-4-1)11-13-9-5-2-6-10-13;;;/h2-13H,1H3;1-9H;1-10H;2*1H;/q;;;;;+2/p-2. The second-order valence-corrected chi connectivity index (χ2v) is 19.2. The quantitative estimate of drug-likeness (QED) is 0.214. The topological polar surface area (TPSA) is 0 Å². The molecule has 0 spiro atoms. The van der Waals surface area contributed by atoms with E-state index in [1.807, 2.05) is 0 Å². The minimum Gasteiger partial charge on any atom is -1.00 e. The number of allylic oxidation sites excluding steroid dienone is 1. The van der Waals surface area contributed by atoms with E-state index in [2.05, 4.69) is 183 Å². The molecule has 0 N–H and O–H groups in total. The van der Waals surface area contributed by atoms with Crippen LogP contribution >= 0.6 is 0 Å². The van der Waals surface area contributed by atoms with Crippen LogP contribution in [0.2, 0.25) is 0 Å². The van der Waals surface area contributed by atoms with E-state index in [-0.39, 0.29) is 24.8 Å². The zero-order valence-electron chi connectivity index (χ0n) is 27.2. The molecule has 7 aromatic carbocycles. The predicted molar refractivity (Wildman–Crippen MR) is 196 cm³/mol. The van der Waals surface area contributed by atoms with Gasteiger partial charge in [-0.05, 0) is 0 Å². The van der Waals surface area contributed by atoms with Crippen LogP contribution in [-0.2, 0) is 21.3 Å².